The summed E-state index contributed by atoms with van der Waals surface area (Å²) in [4.78, 5) is 15.8. The Labute approximate surface area is 117 Å². The number of aliphatic hydroxyl groups is 1. The predicted molar refractivity (Wildman–Crippen MR) is 74.0 cm³/mol. The molecule has 1 heterocycles. The van der Waals surface area contributed by atoms with Crippen molar-refractivity contribution < 1.29 is 14.6 Å². The Kier molecular flexibility index (Phi) is 4.68. The molecule has 2 N–H and O–H groups in total. The molecule has 20 heavy (non-hydrogen) atoms. The molecule has 1 aromatic heterocycles. The first kappa shape index (κ1) is 14.0. The molecule has 2 aromatic rings. The van der Waals surface area contributed by atoms with Gasteiger partial charge in [-0.15, -0.1) is 0 Å². The van der Waals surface area contributed by atoms with Crippen LogP contribution in [-0.2, 0) is 11.3 Å². The van der Waals surface area contributed by atoms with Crippen molar-refractivity contribution in [2.45, 2.75) is 12.6 Å². The van der Waals surface area contributed by atoms with E-state index in [0.717, 1.165) is 5.56 Å². The normalized spacial score (nSPS) is 11.7. The van der Waals surface area contributed by atoms with Crippen LogP contribution in [0.2, 0.25) is 0 Å². The Hall–Kier alpha value is -2.40. The second-order valence-corrected chi connectivity index (χ2v) is 4.25. The van der Waals surface area contributed by atoms with Crippen molar-refractivity contribution in [3.05, 3.63) is 59.9 Å². The molecule has 0 radical (unpaired) electrons. The van der Waals surface area contributed by atoms with Gasteiger partial charge in [-0.1, -0.05) is 12.1 Å². The van der Waals surface area contributed by atoms with Crippen LogP contribution in [0.3, 0.4) is 0 Å². The quantitative estimate of drug-likeness (QED) is 0.864. The van der Waals surface area contributed by atoms with Gasteiger partial charge in [-0.05, 0) is 35.4 Å². The Bertz CT molecular complexity index is 572. The van der Waals surface area contributed by atoms with E-state index in [4.69, 9.17) is 4.74 Å². The molecular formula is C15H16N2O3. The summed E-state index contributed by atoms with van der Waals surface area (Å²) in [7, 11) is 1.54. The number of methoxy groups -OCH3 is 1. The number of nitrogens with one attached hydrogen (secondary N) is 1. The number of carbonyl (C=O) groups is 1. The fourth-order valence-electron chi connectivity index (χ4n) is 1.75. The minimum Gasteiger partial charge on any atom is -0.497 e. The molecule has 1 unspecified atom stereocenters. The number of aromatic nitrogens is 1. The van der Waals surface area contributed by atoms with Gasteiger partial charge in [0.15, 0.2) is 6.10 Å². The lowest BCUT2D eigenvalue weighted by Gasteiger charge is -2.12. The lowest BCUT2D eigenvalue weighted by Crippen LogP contribution is -2.28. The van der Waals surface area contributed by atoms with E-state index in [9.17, 15) is 9.90 Å². The summed E-state index contributed by atoms with van der Waals surface area (Å²) in [5, 5.41) is 12.7. The van der Waals surface area contributed by atoms with Crippen molar-refractivity contribution in [2.24, 2.45) is 0 Å². The van der Waals surface area contributed by atoms with Gasteiger partial charge < -0.3 is 15.2 Å². The molecule has 0 bridgehead atoms. The molecule has 0 saturated carbocycles. The third kappa shape index (κ3) is 3.55. The van der Waals surface area contributed by atoms with Crippen LogP contribution in [0.25, 0.3) is 0 Å². The average Bonchev–Trinajstić information content (AvgIpc) is 2.53. The smallest absolute Gasteiger partial charge is 0.253 e. The lowest BCUT2D eigenvalue weighted by molar-refractivity contribution is -0.129. The summed E-state index contributed by atoms with van der Waals surface area (Å²) in [5.41, 5.74) is 1.42. The summed E-state index contributed by atoms with van der Waals surface area (Å²) >= 11 is 0. The molecule has 5 heteroatoms. The number of amides is 1. The van der Waals surface area contributed by atoms with Gasteiger partial charge in [0.2, 0.25) is 0 Å². The van der Waals surface area contributed by atoms with Gasteiger partial charge in [-0.2, -0.15) is 0 Å². The van der Waals surface area contributed by atoms with Gasteiger partial charge in [-0.3, -0.25) is 9.78 Å². The zero-order valence-electron chi connectivity index (χ0n) is 11.1. The maximum atomic E-state index is 11.9. The van der Waals surface area contributed by atoms with Gasteiger partial charge in [0.25, 0.3) is 5.91 Å². The standard InChI is InChI=1S/C15H16N2O3/c1-20-13-4-2-3-12(9-13)14(18)15(19)17-10-11-5-7-16-8-6-11/h2-9,14,18H,10H2,1H3,(H,17,19). The first-order valence-corrected chi connectivity index (χ1v) is 6.19. The zero-order valence-corrected chi connectivity index (χ0v) is 11.1. The highest BCUT2D eigenvalue weighted by atomic mass is 16.5. The average molecular weight is 272 g/mol. The minimum absolute atomic E-state index is 0.350. The van der Waals surface area contributed by atoms with Crippen LogP contribution in [0.15, 0.2) is 48.8 Å². The number of pyridine rings is 1. The molecular weight excluding hydrogens is 256 g/mol. The SMILES string of the molecule is COc1cccc(C(O)C(=O)NCc2ccncc2)c1. The van der Waals surface area contributed by atoms with Gasteiger partial charge >= 0.3 is 0 Å². The van der Waals surface area contributed by atoms with Crippen molar-refractivity contribution in [2.75, 3.05) is 7.11 Å². The highest BCUT2D eigenvalue weighted by molar-refractivity contribution is 5.82. The van der Waals surface area contributed by atoms with Crippen molar-refractivity contribution in [1.29, 1.82) is 0 Å². The number of nitrogens with zero attached hydrogens (tertiary/aromatic N) is 1. The second-order valence-electron chi connectivity index (χ2n) is 4.25. The number of rotatable bonds is 5. The minimum atomic E-state index is -1.22. The number of hydrogen-bond donors (Lipinski definition) is 2. The van der Waals surface area contributed by atoms with E-state index in [1.54, 1.807) is 48.8 Å². The number of carbonyl (C=O) groups excluding carboxylic acids is 1. The van der Waals surface area contributed by atoms with Gasteiger partial charge in [0.05, 0.1) is 7.11 Å². The van der Waals surface area contributed by atoms with Gasteiger partial charge in [-0.25, -0.2) is 0 Å². The van der Waals surface area contributed by atoms with E-state index in [1.165, 1.54) is 7.11 Å². The van der Waals surface area contributed by atoms with Crippen LogP contribution >= 0.6 is 0 Å². The summed E-state index contributed by atoms with van der Waals surface area (Å²) < 4.78 is 5.06. The Balaban J connectivity index is 1.98. The molecule has 0 aliphatic rings. The molecule has 5 nitrogen and oxygen atoms in total. The van der Waals surface area contributed by atoms with E-state index in [0.29, 0.717) is 17.9 Å². The first-order chi connectivity index (χ1) is 9.70. The fraction of sp³-hybridized carbons (Fsp3) is 0.200. The van der Waals surface area contributed by atoms with Gasteiger partial charge in [0, 0.05) is 18.9 Å². The summed E-state index contributed by atoms with van der Waals surface area (Å²) in [6.07, 6.45) is 2.09. The third-order valence-corrected chi connectivity index (χ3v) is 2.87. The molecule has 1 aromatic carbocycles. The Morgan fingerprint density at radius 2 is 2.10 bits per heavy atom. The number of hydrogen-bond acceptors (Lipinski definition) is 4. The molecule has 1 amide bonds. The largest absolute Gasteiger partial charge is 0.497 e. The van der Waals surface area contributed by atoms with Crippen LogP contribution < -0.4 is 10.1 Å². The van der Waals surface area contributed by atoms with E-state index < -0.39 is 12.0 Å². The van der Waals surface area contributed by atoms with Crippen molar-refractivity contribution >= 4 is 5.91 Å². The summed E-state index contributed by atoms with van der Waals surface area (Å²) in [6, 6.07) is 10.4. The molecule has 1 atom stereocenters. The molecule has 0 spiro atoms. The second kappa shape index (κ2) is 6.68. The van der Waals surface area contributed by atoms with Crippen LogP contribution in [0, 0.1) is 0 Å². The zero-order chi connectivity index (χ0) is 14.4. The molecule has 0 aliphatic carbocycles. The van der Waals surface area contributed by atoms with Crippen LogP contribution in [0.1, 0.15) is 17.2 Å². The van der Waals surface area contributed by atoms with Crippen LogP contribution in [0.5, 0.6) is 5.75 Å². The first-order valence-electron chi connectivity index (χ1n) is 6.19. The van der Waals surface area contributed by atoms with E-state index >= 15 is 0 Å². The van der Waals surface area contributed by atoms with Crippen molar-refractivity contribution in [1.82, 2.24) is 10.3 Å². The fourth-order valence-corrected chi connectivity index (χ4v) is 1.75. The highest BCUT2D eigenvalue weighted by Crippen LogP contribution is 2.19. The van der Waals surface area contributed by atoms with Crippen molar-refractivity contribution in [3.8, 4) is 5.75 Å². The van der Waals surface area contributed by atoms with E-state index in [2.05, 4.69) is 10.3 Å². The Morgan fingerprint density at radius 1 is 1.35 bits per heavy atom. The molecule has 104 valence electrons. The van der Waals surface area contributed by atoms with Gasteiger partial charge in [0.1, 0.15) is 5.75 Å². The maximum absolute atomic E-state index is 11.9. The Morgan fingerprint density at radius 3 is 2.80 bits per heavy atom. The van der Waals surface area contributed by atoms with E-state index in [1.807, 2.05) is 0 Å². The molecule has 0 aliphatic heterocycles. The topological polar surface area (TPSA) is 71.5 Å². The van der Waals surface area contributed by atoms with E-state index in [-0.39, 0.29) is 0 Å². The number of aliphatic hydroxyl groups excluding tert-OH is 1. The molecule has 0 saturated heterocycles. The van der Waals surface area contributed by atoms with Crippen LogP contribution in [0.4, 0.5) is 0 Å². The van der Waals surface area contributed by atoms with Crippen molar-refractivity contribution in [3.63, 3.8) is 0 Å². The molecule has 0 fully saturated rings. The van der Waals surface area contributed by atoms with Crippen LogP contribution in [-0.4, -0.2) is 23.1 Å². The monoisotopic (exact) mass is 272 g/mol. The summed E-state index contributed by atoms with van der Waals surface area (Å²) in [5.74, 6) is 0.151. The number of ether oxygens (including phenoxy) is 1. The predicted octanol–water partition coefficient (Wildman–Crippen LogP) is 1.44. The highest BCUT2D eigenvalue weighted by Gasteiger charge is 2.17. The lowest BCUT2D eigenvalue weighted by atomic mass is 10.1. The summed E-state index contributed by atoms with van der Waals surface area (Å²) in [6.45, 7) is 0.350. The molecule has 2 rings (SSSR count). The third-order valence-electron chi connectivity index (χ3n) is 2.87. The maximum Gasteiger partial charge on any atom is 0.253 e. The number of benzene rings is 1.